The number of hydrogen-bond acceptors (Lipinski definition) is 1. The van der Waals surface area contributed by atoms with Gasteiger partial charge in [-0.1, -0.05) is 35.0 Å². The molecule has 0 radical (unpaired) electrons. The van der Waals surface area contributed by atoms with Gasteiger partial charge in [-0.15, -0.1) is 0 Å². The lowest BCUT2D eigenvalue weighted by atomic mass is 9.96. The average Bonchev–Trinajstić information content (AvgIpc) is 2.75. The van der Waals surface area contributed by atoms with Crippen molar-refractivity contribution < 1.29 is 4.39 Å². The second-order valence-electron chi connectivity index (χ2n) is 5.24. The van der Waals surface area contributed by atoms with Gasteiger partial charge in [-0.2, -0.15) is 5.10 Å². The maximum atomic E-state index is 13.0. The molecule has 0 fully saturated rings. The van der Waals surface area contributed by atoms with Gasteiger partial charge in [-0.25, -0.2) is 4.39 Å². The van der Waals surface area contributed by atoms with E-state index in [2.05, 4.69) is 43.9 Å². The molecule has 114 valence electrons. The van der Waals surface area contributed by atoms with Crippen LogP contribution in [0, 0.1) is 11.7 Å². The Labute approximate surface area is 142 Å². The van der Waals surface area contributed by atoms with Gasteiger partial charge in [0.15, 0.2) is 0 Å². The van der Waals surface area contributed by atoms with Crippen molar-refractivity contribution >= 4 is 31.9 Å². The zero-order valence-electron chi connectivity index (χ0n) is 12.2. The Morgan fingerprint density at radius 2 is 1.90 bits per heavy atom. The zero-order chi connectivity index (χ0) is 15.4. The third-order valence-electron chi connectivity index (χ3n) is 3.64. The Morgan fingerprint density at radius 1 is 1.24 bits per heavy atom. The predicted octanol–water partition coefficient (Wildman–Crippen LogP) is 4.68. The van der Waals surface area contributed by atoms with E-state index in [4.69, 9.17) is 0 Å². The van der Waals surface area contributed by atoms with Gasteiger partial charge in [0, 0.05) is 12.4 Å². The first-order valence-corrected chi connectivity index (χ1v) is 8.97. The minimum atomic E-state index is -0.184. The number of aryl methyl sites for hydroxylation is 2. The van der Waals surface area contributed by atoms with Gasteiger partial charge in [0.25, 0.3) is 0 Å². The molecule has 21 heavy (non-hydrogen) atoms. The molecule has 0 amide bonds. The third kappa shape index (κ3) is 4.16. The maximum absolute atomic E-state index is 13.0. The van der Waals surface area contributed by atoms with Gasteiger partial charge < -0.3 is 0 Å². The van der Waals surface area contributed by atoms with Crippen molar-refractivity contribution in [3.63, 3.8) is 0 Å². The summed E-state index contributed by atoms with van der Waals surface area (Å²) in [5, 5.41) is 5.45. The monoisotopic (exact) mass is 416 g/mol. The lowest BCUT2D eigenvalue weighted by Crippen LogP contribution is -2.13. The Bertz CT molecular complexity index is 593. The molecule has 1 aromatic carbocycles. The molecular weight excluding hydrogens is 399 g/mol. The van der Waals surface area contributed by atoms with E-state index in [1.165, 1.54) is 17.8 Å². The fraction of sp³-hybridized carbons (Fsp3) is 0.438. The normalized spacial score (nSPS) is 12.6. The first-order chi connectivity index (χ1) is 10.0. The van der Waals surface area contributed by atoms with E-state index >= 15 is 0 Å². The second-order valence-corrected chi connectivity index (χ2v) is 6.68. The molecule has 1 heterocycles. The SMILES string of the molecule is CCc1nn(C)c(CC(CBr)Cc2ccc(F)cc2)c1Br. The summed E-state index contributed by atoms with van der Waals surface area (Å²) < 4.78 is 16.1. The number of halogens is 3. The van der Waals surface area contributed by atoms with E-state index in [1.807, 2.05) is 23.9 Å². The highest BCUT2D eigenvalue weighted by atomic mass is 79.9. The lowest BCUT2D eigenvalue weighted by molar-refractivity contribution is 0.554. The molecule has 5 heteroatoms. The standard InChI is InChI=1S/C16H19Br2FN2/c1-3-14-16(18)15(21(2)20-14)9-12(10-17)8-11-4-6-13(19)7-5-11/h4-7,12H,3,8-10H2,1-2H3. The largest absolute Gasteiger partial charge is 0.271 e. The molecule has 0 aliphatic rings. The Hall–Kier alpha value is -0.680. The molecule has 2 rings (SSSR count). The first-order valence-electron chi connectivity index (χ1n) is 7.05. The number of aromatic nitrogens is 2. The Balaban J connectivity index is 2.12. The first kappa shape index (κ1) is 16.7. The van der Waals surface area contributed by atoms with Gasteiger partial charge in [-0.3, -0.25) is 4.68 Å². The Kier molecular flexibility index (Phi) is 5.99. The number of nitrogens with zero attached hydrogens (tertiary/aromatic N) is 2. The van der Waals surface area contributed by atoms with Crippen LogP contribution in [0.1, 0.15) is 23.9 Å². The quantitative estimate of drug-likeness (QED) is 0.624. The van der Waals surface area contributed by atoms with Crippen LogP contribution in [0.15, 0.2) is 28.7 Å². The highest BCUT2D eigenvalue weighted by Gasteiger charge is 2.17. The summed E-state index contributed by atoms with van der Waals surface area (Å²) in [6.07, 6.45) is 2.78. The second kappa shape index (κ2) is 7.54. The van der Waals surface area contributed by atoms with Crippen molar-refractivity contribution in [1.29, 1.82) is 0 Å². The molecule has 1 atom stereocenters. The van der Waals surface area contributed by atoms with Crippen molar-refractivity contribution in [3.05, 3.63) is 51.5 Å². The molecule has 0 N–H and O–H groups in total. The van der Waals surface area contributed by atoms with Crippen LogP contribution in [-0.4, -0.2) is 15.1 Å². The smallest absolute Gasteiger partial charge is 0.123 e. The van der Waals surface area contributed by atoms with Crippen molar-refractivity contribution in [3.8, 4) is 0 Å². The molecule has 0 saturated heterocycles. The van der Waals surface area contributed by atoms with Gasteiger partial charge in [0.1, 0.15) is 5.82 Å². The Morgan fingerprint density at radius 3 is 2.43 bits per heavy atom. The van der Waals surface area contributed by atoms with Crippen LogP contribution in [0.2, 0.25) is 0 Å². The van der Waals surface area contributed by atoms with Crippen molar-refractivity contribution in [2.24, 2.45) is 13.0 Å². The molecule has 0 saturated carbocycles. The molecule has 0 spiro atoms. The van der Waals surface area contributed by atoms with Crippen molar-refractivity contribution in [2.75, 3.05) is 5.33 Å². The molecule has 1 aromatic heterocycles. The number of rotatable bonds is 6. The van der Waals surface area contributed by atoms with Crippen molar-refractivity contribution in [1.82, 2.24) is 9.78 Å². The number of hydrogen-bond donors (Lipinski definition) is 0. The summed E-state index contributed by atoms with van der Waals surface area (Å²) >= 11 is 7.27. The van der Waals surface area contributed by atoms with Crippen LogP contribution in [0.3, 0.4) is 0 Å². The van der Waals surface area contributed by atoms with E-state index in [9.17, 15) is 4.39 Å². The average molecular weight is 418 g/mol. The van der Waals surface area contributed by atoms with E-state index in [-0.39, 0.29) is 5.82 Å². The van der Waals surface area contributed by atoms with Crippen LogP contribution in [-0.2, 0) is 26.3 Å². The summed E-state index contributed by atoms with van der Waals surface area (Å²) in [6.45, 7) is 2.11. The molecular formula is C16H19Br2FN2. The molecule has 2 nitrogen and oxygen atoms in total. The summed E-state index contributed by atoms with van der Waals surface area (Å²) in [5.74, 6) is 0.267. The van der Waals surface area contributed by atoms with Gasteiger partial charge >= 0.3 is 0 Å². The van der Waals surface area contributed by atoms with E-state index in [0.717, 1.165) is 40.3 Å². The highest BCUT2D eigenvalue weighted by Crippen LogP contribution is 2.26. The van der Waals surface area contributed by atoms with E-state index in [0.29, 0.717) is 5.92 Å². The number of alkyl halides is 1. The molecule has 0 aliphatic heterocycles. The predicted molar refractivity (Wildman–Crippen MR) is 91.4 cm³/mol. The number of benzene rings is 1. The van der Waals surface area contributed by atoms with Crippen LogP contribution >= 0.6 is 31.9 Å². The zero-order valence-corrected chi connectivity index (χ0v) is 15.4. The lowest BCUT2D eigenvalue weighted by Gasteiger charge is -2.15. The third-order valence-corrected chi connectivity index (χ3v) is 5.47. The summed E-state index contributed by atoms with van der Waals surface area (Å²) in [5.41, 5.74) is 3.48. The van der Waals surface area contributed by atoms with E-state index < -0.39 is 0 Å². The van der Waals surface area contributed by atoms with Gasteiger partial charge in [-0.05, 0) is 58.8 Å². The molecule has 2 aromatic rings. The minimum absolute atomic E-state index is 0.184. The minimum Gasteiger partial charge on any atom is -0.271 e. The molecule has 1 unspecified atom stereocenters. The van der Waals surface area contributed by atoms with Crippen molar-refractivity contribution in [2.45, 2.75) is 26.2 Å². The summed E-state index contributed by atoms with van der Waals surface area (Å²) in [7, 11) is 1.99. The van der Waals surface area contributed by atoms with Crippen LogP contribution in [0.4, 0.5) is 4.39 Å². The maximum Gasteiger partial charge on any atom is 0.123 e. The van der Waals surface area contributed by atoms with Crippen LogP contribution < -0.4 is 0 Å². The van der Waals surface area contributed by atoms with Gasteiger partial charge in [0.2, 0.25) is 0 Å². The van der Waals surface area contributed by atoms with Gasteiger partial charge in [0.05, 0.1) is 15.9 Å². The summed E-state index contributed by atoms with van der Waals surface area (Å²) in [4.78, 5) is 0. The highest BCUT2D eigenvalue weighted by molar-refractivity contribution is 9.10. The molecule has 0 bridgehead atoms. The van der Waals surface area contributed by atoms with Crippen LogP contribution in [0.5, 0.6) is 0 Å². The topological polar surface area (TPSA) is 17.8 Å². The molecule has 0 aliphatic carbocycles. The fourth-order valence-electron chi connectivity index (χ4n) is 2.45. The summed E-state index contributed by atoms with van der Waals surface area (Å²) in [6, 6.07) is 6.77. The van der Waals surface area contributed by atoms with Crippen LogP contribution in [0.25, 0.3) is 0 Å². The van der Waals surface area contributed by atoms with E-state index in [1.54, 1.807) is 0 Å². The fourth-order valence-corrected chi connectivity index (χ4v) is 3.69.